The topological polar surface area (TPSA) is 239 Å². The van der Waals surface area contributed by atoms with Crippen molar-refractivity contribution in [2.75, 3.05) is 13.2 Å². The molecule has 5 fully saturated rings. The van der Waals surface area contributed by atoms with Crippen LogP contribution in [0, 0.1) is 46.3 Å². The number of allylic oxidation sites excluding steroid dienone is 1. The van der Waals surface area contributed by atoms with Crippen LogP contribution >= 0.6 is 0 Å². The summed E-state index contributed by atoms with van der Waals surface area (Å²) in [4.78, 5) is 0. The van der Waals surface area contributed by atoms with Gasteiger partial charge in [-0.25, -0.2) is 0 Å². The van der Waals surface area contributed by atoms with Crippen molar-refractivity contribution in [1.82, 2.24) is 0 Å². The van der Waals surface area contributed by atoms with Gasteiger partial charge in [-0.15, -0.1) is 0 Å². The zero-order valence-electron chi connectivity index (χ0n) is 31.8. The molecule has 53 heavy (non-hydrogen) atoms. The summed E-state index contributed by atoms with van der Waals surface area (Å²) in [6.45, 7) is 9.48. The van der Waals surface area contributed by atoms with E-state index in [9.17, 15) is 51.1 Å². The number of hydrogen-bond donors (Lipinski definition) is 10. The van der Waals surface area contributed by atoms with Gasteiger partial charge in [-0.1, -0.05) is 46.3 Å². The highest BCUT2D eigenvalue weighted by Crippen LogP contribution is 2.68. The molecule has 2 saturated heterocycles. The average Bonchev–Trinajstić information content (AvgIpc) is 3.43. The lowest BCUT2D eigenvalue weighted by molar-refractivity contribution is -0.316. The van der Waals surface area contributed by atoms with E-state index < -0.39 is 98.4 Å². The Bertz CT molecular complexity index is 1260. The smallest absolute Gasteiger partial charge is 0.186 e. The largest absolute Gasteiger partial charge is 0.394 e. The summed E-state index contributed by atoms with van der Waals surface area (Å²) in [7, 11) is 0. The van der Waals surface area contributed by atoms with Gasteiger partial charge < -0.3 is 70.0 Å². The molecule has 306 valence electrons. The first-order chi connectivity index (χ1) is 25.0. The number of aliphatic hydroxyl groups is 10. The molecule has 0 unspecified atom stereocenters. The van der Waals surface area contributed by atoms with Crippen molar-refractivity contribution in [1.29, 1.82) is 0 Å². The highest BCUT2D eigenvalue weighted by molar-refractivity contribution is 5.27. The van der Waals surface area contributed by atoms with Crippen molar-refractivity contribution in [2.24, 2.45) is 46.3 Å². The summed E-state index contributed by atoms with van der Waals surface area (Å²) in [5.74, 6) is 0.0489. The molecule has 2 heterocycles. The zero-order chi connectivity index (χ0) is 38.7. The van der Waals surface area contributed by atoms with E-state index >= 15 is 0 Å². The molecule has 0 spiro atoms. The number of aliphatic hydroxyl groups excluding tert-OH is 10. The molecule has 21 atom stereocenters. The molecule has 14 nitrogen and oxygen atoms in total. The summed E-state index contributed by atoms with van der Waals surface area (Å²) in [6, 6.07) is 0. The maximum absolute atomic E-state index is 12.3. The molecule has 0 aromatic carbocycles. The second-order valence-electron chi connectivity index (χ2n) is 18.1. The third kappa shape index (κ3) is 7.42. The standard InChI is InChI=1S/C39H66O14/c1-17(2)6-9-24(42)18(3)29-25(51-37-35(49)33(47)31(45)27(16-41)53-37)13-23-21-8-7-19-12-20(50-36-34(48)32(46)30(44)26(15-40)52-36)10-11-38(19,4)22(21)14-28(43)39(23,29)5/h7,17-18,20-37,40-49H,6,8-16H2,1-5H3/t18-,20+,21-,22+,23+,24+,25+,26-,27-,28-,29+,30-,31-,32+,33+,34-,35-,36-,37-,38+,39-/m1/s1. The Labute approximate surface area is 312 Å². The van der Waals surface area contributed by atoms with Crippen molar-refractivity contribution in [3.05, 3.63) is 11.6 Å². The normalized spacial score (nSPS) is 51.2. The molecule has 6 rings (SSSR count). The first kappa shape index (κ1) is 41.8. The van der Waals surface area contributed by atoms with Crippen molar-refractivity contribution in [3.63, 3.8) is 0 Å². The maximum Gasteiger partial charge on any atom is 0.186 e. The molecule has 0 aromatic heterocycles. The van der Waals surface area contributed by atoms with Crippen LogP contribution in [0.2, 0.25) is 0 Å². The van der Waals surface area contributed by atoms with Crippen molar-refractivity contribution in [2.45, 2.75) is 172 Å². The van der Waals surface area contributed by atoms with Crippen molar-refractivity contribution in [3.8, 4) is 0 Å². The molecule has 0 aromatic rings. The number of hydrogen-bond acceptors (Lipinski definition) is 14. The molecule has 4 aliphatic carbocycles. The first-order valence-corrected chi connectivity index (χ1v) is 19.9. The summed E-state index contributed by atoms with van der Waals surface area (Å²) < 4.78 is 24.2. The average molecular weight is 759 g/mol. The van der Waals surface area contributed by atoms with Gasteiger partial charge in [0.05, 0.1) is 37.6 Å². The summed E-state index contributed by atoms with van der Waals surface area (Å²) in [5.41, 5.74) is 0.286. The lowest BCUT2D eigenvalue weighted by atomic mass is 9.46. The third-order valence-electron chi connectivity index (χ3n) is 14.8. The summed E-state index contributed by atoms with van der Waals surface area (Å²) >= 11 is 0. The number of rotatable bonds is 11. The van der Waals surface area contributed by atoms with Crippen LogP contribution in [0.3, 0.4) is 0 Å². The molecular formula is C39H66O14. The van der Waals surface area contributed by atoms with E-state index in [-0.39, 0.29) is 41.1 Å². The second kappa shape index (κ2) is 16.2. The molecule has 0 amide bonds. The van der Waals surface area contributed by atoms with Gasteiger partial charge in [-0.2, -0.15) is 0 Å². The predicted octanol–water partition coefficient (Wildman–Crippen LogP) is -0.0505. The molecule has 0 bridgehead atoms. The molecule has 3 saturated carbocycles. The Morgan fingerprint density at radius 2 is 1.36 bits per heavy atom. The van der Waals surface area contributed by atoms with Crippen molar-refractivity contribution >= 4 is 0 Å². The Morgan fingerprint density at radius 3 is 1.92 bits per heavy atom. The van der Waals surface area contributed by atoms with E-state index in [1.165, 1.54) is 5.57 Å². The quantitative estimate of drug-likeness (QED) is 0.124. The fraction of sp³-hybridized carbons (Fsp3) is 0.949. The van der Waals surface area contributed by atoms with Gasteiger partial charge in [0.25, 0.3) is 0 Å². The SMILES string of the molecule is CC(C)CC[C@H](O)[C@@H](C)[C@H]1[C@@H](O[C@@H]2O[C@H](CO)[C@@H](O)[C@H](O)[C@H]2O)C[C@H]2[C@@H]3CC=C4C[C@@H](O[C@@H]5O[C@H](CO)[C@@H](O)[C@H](O)[C@H]5O)CC[C@]4(C)[C@H]3C[C@@H](O)[C@]12C. The van der Waals surface area contributed by atoms with Crippen LogP contribution in [0.5, 0.6) is 0 Å². The first-order valence-electron chi connectivity index (χ1n) is 19.9. The van der Waals surface area contributed by atoms with Gasteiger partial charge in [0, 0.05) is 5.41 Å². The fourth-order valence-corrected chi connectivity index (χ4v) is 11.5. The van der Waals surface area contributed by atoms with E-state index in [0.717, 1.165) is 19.3 Å². The molecule has 14 heteroatoms. The third-order valence-corrected chi connectivity index (χ3v) is 14.8. The number of fused-ring (bicyclic) bond motifs is 5. The minimum absolute atomic E-state index is 0.0198. The van der Waals surface area contributed by atoms with Crippen LogP contribution in [0.25, 0.3) is 0 Å². The Morgan fingerprint density at radius 1 is 0.774 bits per heavy atom. The Hall–Kier alpha value is -0.820. The second-order valence-corrected chi connectivity index (χ2v) is 18.1. The lowest BCUT2D eigenvalue weighted by Crippen LogP contribution is -2.60. The van der Waals surface area contributed by atoms with E-state index in [2.05, 4.69) is 33.8 Å². The zero-order valence-corrected chi connectivity index (χ0v) is 31.8. The molecule has 10 N–H and O–H groups in total. The van der Waals surface area contributed by atoms with E-state index in [1.807, 2.05) is 6.92 Å². The van der Waals surface area contributed by atoms with Crippen LogP contribution in [-0.4, -0.2) is 150 Å². The van der Waals surface area contributed by atoms with Crippen LogP contribution in [0.4, 0.5) is 0 Å². The Kier molecular flexibility index (Phi) is 12.8. The van der Waals surface area contributed by atoms with Gasteiger partial charge in [-0.05, 0) is 92.3 Å². The molecule has 2 aliphatic heterocycles. The van der Waals surface area contributed by atoms with Gasteiger partial charge in [0.2, 0.25) is 0 Å². The molecular weight excluding hydrogens is 692 g/mol. The van der Waals surface area contributed by atoms with Gasteiger partial charge in [-0.3, -0.25) is 0 Å². The van der Waals surface area contributed by atoms with Crippen LogP contribution < -0.4 is 0 Å². The van der Waals surface area contributed by atoms with E-state index in [1.54, 1.807) is 0 Å². The maximum atomic E-state index is 12.3. The fourth-order valence-electron chi connectivity index (χ4n) is 11.5. The van der Waals surface area contributed by atoms with Gasteiger partial charge in [0.1, 0.15) is 48.8 Å². The lowest BCUT2D eigenvalue weighted by Gasteiger charge is -2.60. The highest BCUT2D eigenvalue weighted by atomic mass is 16.7. The van der Waals surface area contributed by atoms with Gasteiger partial charge >= 0.3 is 0 Å². The van der Waals surface area contributed by atoms with Crippen LogP contribution in [-0.2, 0) is 18.9 Å². The number of ether oxygens (including phenoxy) is 4. The predicted molar refractivity (Wildman–Crippen MR) is 188 cm³/mol. The minimum atomic E-state index is -1.59. The minimum Gasteiger partial charge on any atom is -0.394 e. The molecule has 0 radical (unpaired) electrons. The van der Waals surface area contributed by atoms with Crippen LogP contribution in [0.1, 0.15) is 86.0 Å². The highest BCUT2D eigenvalue weighted by Gasteiger charge is 2.66. The van der Waals surface area contributed by atoms with E-state index in [4.69, 9.17) is 18.9 Å². The van der Waals surface area contributed by atoms with Crippen LogP contribution in [0.15, 0.2) is 11.6 Å². The summed E-state index contributed by atoms with van der Waals surface area (Å²) in [6.07, 6.45) is -8.68. The van der Waals surface area contributed by atoms with Crippen molar-refractivity contribution < 1.29 is 70.0 Å². The molecule has 6 aliphatic rings. The summed E-state index contributed by atoms with van der Waals surface area (Å²) in [5, 5.41) is 106. The van der Waals surface area contributed by atoms with E-state index in [0.29, 0.717) is 38.0 Å². The monoisotopic (exact) mass is 758 g/mol. The Balaban J connectivity index is 1.25. The van der Waals surface area contributed by atoms with Gasteiger partial charge in [0.15, 0.2) is 12.6 Å².